The van der Waals surface area contributed by atoms with Crippen LogP contribution >= 0.6 is 23.5 Å². The monoisotopic (exact) mass is 550 g/mol. The number of thioether (sulfide) groups is 2. The topological polar surface area (TPSA) is 76.1 Å². The van der Waals surface area contributed by atoms with E-state index in [4.69, 9.17) is 11.5 Å². The first-order valence-corrected chi connectivity index (χ1v) is 15.2. The first-order valence-electron chi connectivity index (χ1n) is 12.9. The Kier molecular flexibility index (Phi) is 8.24. The standard InChI is InChI=1S/C30H27N3S.C3H7NS/c1-18(2)11-21(13-31)24-7-3-19-6-10-27-25(8-4-20-5-9-26(24)29(19)30(20)27)22-12-23(15-32-14-22)28-16-33-17-34-28;1-5-3-2-4/h3-14,16,32-33H,15,17,31H2,1-2H3;2-3H,4H2,1H3/b21-13+;3-2-. The van der Waals surface area contributed by atoms with Crippen molar-refractivity contribution in [2.75, 3.05) is 18.7 Å². The zero-order valence-corrected chi connectivity index (χ0v) is 24.2. The van der Waals surface area contributed by atoms with E-state index < -0.39 is 0 Å². The van der Waals surface area contributed by atoms with Crippen LogP contribution in [-0.2, 0) is 0 Å². The van der Waals surface area contributed by atoms with Crippen molar-refractivity contribution in [1.82, 2.24) is 10.6 Å². The number of nitrogens with two attached hydrogens (primary N) is 2. The minimum atomic E-state index is 0.859. The molecule has 0 aliphatic carbocycles. The van der Waals surface area contributed by atoms with Gasteiger partial charge in [-0.25, -0.2) is 0 Å². The highest BCUT2D eigenvalue weighted by atomic mass is 32.2. The van der Waals surface area contributed by atoms with Gasteiger partial charge in [0.2, 0.25) is 0 Å². The quantitative estimate of drug-likeness (QED) is 0.151. The Morgan fingerprint density at radius 1 is 0.897 bits per heavy atom. The minimum Gasteiger partial charge on any atom is -0.404 e. The molecule has 6 heteroatoms. The smallest absolute Gasteiger partial charge is 0.0652 e. The SMILES string of the molecule is CC(C)=C/C(=C\N)c1ccc2ccc3c(C4=CNCC(C5=CNCS5)=C4)ccc4ccc1c2c43.CS/C=C\N. The van der Waals surface area contributed by atoms with Crippen LogP contribution in [0.15, 0.2) is 107 Å². The number of nitrogens with one attached hydrogen (secondary N) is 2. The van der Waals surface area contributed by atoms with Gasteiger partial charge in [-0.15, -0.1) is 23.5 Å². The van der Waals surface area contributed by atoms with E-state index in [9.17, 15) is 0 Å². The highest BCUT2D eigenvalue weighted by molar-refractivity contribution is 8.03. The van der Waals surface area contributed by atoms with Crippen molar-refractivity contribution in [2.45, 2.75) is 13.8 Å². The Labute approximate surface area is 239 Å². The summed E-state index contributed by atoms with van der Waals surface area (Å²) in [6, 6.07) is 18.0. The number of benzene rings is 4. The summed E-state index contributed by atoms with van der Waals surface area (Å²) in [5.74, 6) is 0.943. The minimum absolute atomic E-state index is 0.859. The van der Waals surface area contributed by atoms with Crippen molar-refractivity contribution in [2.24, 2.45) is 11.5 Å². The van der Waals surface area contributed by atoms with Crippen molar-refractivity contribution < 1.29 is 0 Å². The Morgan fingerprint density at radius 3 is 2.26 bits per heavy atom. The van der Waals surface area contributed by atoms with Crippen LogP contribution in [0, 0.1) is 0 Å². The summed E-state index contributed by atoms with van der Waals surface area (Å²) in [6.07, 6.45) is 14.0. The molecule has 0 aromatic heterocycles. The van der Waals surface area contributed by atoms with Gasteiger partial charge in [-0.2, -0.15) is 0 Å². The second kappa shape index (κ2) is 12.0. The molecule has 0 spiro atoms. The summed E-state index contributed by atoms with van der Waals surface area (Å²) < 4.78 is 0. The van der Waals surface area contributed by atoms with Crippen LogP contribution < -0.4 is 22.1 Å². The van der Waals surface area contributed by atoms with Crippen molar-refractivity contribution in [3.05, 3.63) is 118 Å². The van der Waals surface area contributed by atoms with Crippen LogP contribution in [0.4, 0.5) is 0 Å². The molecule has 2 aliphatic heterocycles. The van der Waals surface area contributed by atoms with Gasteiger partial charge in [0.05, 0.1) is 5.88 Å². The molecule has 0 saturated carbocycles. The third-order valence-electron chi connectivity index (χ3n) is 6.87. The second-order valence-electron chi connectivity index (χ2n) is 9.71. The van der Waals surface area contributed by atoms with Crippen LogP contribution in [0.25, 0.3) is 43.5 Å². The van der Waals surface area contributed by atoms with Crippen LogP contribution in [0.5, 0.6) is 0 Å². The summed E-state index contributed by atoms with van der Waals surface area (Å²) in [5, 5.41) is 16.3. The molecule has 39 heavy (non-hydrogen) atoms. The van der Waals surface area contributed by atoms with Gasteiger partial charge in [0.25, 0.3) is 0 Å². The molecule has 4 aromatic rings. The fourth-order valence-corrected chi connectivity index (χ4v) is 6.22. The van der Waals surface area contributed by atoms with E-state index in [0.717, 1.165) is 18.0 Å². The number of hydrogen-bond donors (Lipinski definition) is 4. The number of rotatable bonds is 5. The molecule has 6 N–H and O–H groups in total. The summed E-state index contributed by atoms with van der Waals surface area (Å²) in [6.45, 7) is 5.07. The van der Waals surface area contributed by atoms with E-state index in [2.05, 4.69) is 97.6 Å². The van der Waals surface area contributed by atoms with Crippen LogP contribution in [-0.4, -0.2) is 18.7 Å². The highest BCUT2D eigenvalue weighted by Gasteiger charge is 2.18. The predicted octanol–water partition coefficient (Wildman–Crippen LogP) is 7.63. The average molecular weight is 551 g/mol. The lowest BCUT2D eigenvalue weighted by molar-refractivity contribution is 0.940. The molecule has 0 atom stereocenters. The van der Waals surface area contributed by atoms with E-state index in [1.54, 1.807) is 18.0 Å². The third kappa shape index (κ3) is 5.40. The first kappa shape index (κ1) is 26.9. The van der Waals surface area contributed by atoms with Gasteiger partial charge in [0, 0.05) is 36.2 Å². The van der Waals surface area contributed by atoms with Gasteiger partial charge in [0.15, 0.2) is 0 Å². The van der Waals surface area contributed by atoms with Crippen molar-refractivity contribution in [3.8, 4) is 0 Å². The molecule has 4 aromatic carbocycles. The Bertz CT molecular complexity index is 1700. The molecule has 0 saturated heterocycles. The van der Waals surface area contributed by atoms with E-state index in [0.29, 0.717) is 0 Å². The van der Waals surface area contributed by atoms with E-state index in [1.807, 2.05) is 23.4 Å². The van der Waals surface area contributed by atoms with Gasteiger partial charge >= 0.3 is 0 Å². The second-order valence-corrected chi connectivity index (χ2v) is 11.5. The van der Waals surface area contributed by atoms with E-state index >= 15 is 0 Å². The number of dihydropyridines is 1. The fraction of sp³-hybridized carbons (Fsp3) is 0.152. The molecular weight excluding hydrogens is 517 g/mol. The van der Waals surface area contributed by atoms with E-state index in [1.165, 1.54) is 71.3 Å². The van der Waals surface area contributed by atoms with Crippen molar-refractivity contribution in [3.63, 3.8) is 0 Å². The molecule has 0 radical (unpaired) electrons. The van der Waals surface area contributed by atoms with Gasteiger partial charge < -0.3 is 22.1 Å². The van der Waals surface area contributed by atoms with Crippen LogP contribution in [0.1, 0.15) is 25.0 Å². The molecular formula is C33H34N4S2. The maximum atomic E-state index is 6.07. The molecule has 2 aliphatic rings. The van der Waals surface area contributed by atoms with Gasteiger partial charge in [-0.05, 0) is 91.8 Å². The lowest BCUT2D eigenvalue weighted by Crippen LogP contribution is -2.15. The normalized spacial score (nSPS) is 15.5. The summed E-state index contributed by atoms with van der Waals surface area (Å²) in [4.78, 5) is 1.32. The summed E-state index contributed by atoms with van der Waals surface area (Å²) in [5.41, 5.74) is 18.3. The zero-order chi connectivity index (χ0) is 27.4. The van der Waals surface area contributed by atoms with Crippen molar-refractivity contribution >= 4 is 67.0 Å². The lowest BCUT2D eigenvalue weighted by atomic mass is 9.86. The van der Waals surface area contributed by atoms with Crippen LogP contribution in [0.2, 0.25) is 0 Å². The number of hydrogen-bond acceptors (Lipinski definition) is 6. The van der Waals surface area contributed by atoms with Crippen molar-refractivity contribution in [1.29, 1.82) is 0 Å². The summed E-state index contributed by atoms with van der Waals surface area (Å²) >= 11 is 3.46. The predicted molar refractivity (Wildman–Crippen MR) is 176 cm³/mol. The van der Waals surface area contributed by atoms with E-state index in [-0.39, 0.29) is 0 Å². The molecule has 2 heterocycles. The third-order valence-corrected chi connectivity index (χ3v) is 8.30. The average Bonchev–Trinajstić information content (AvgIpc) is 3.51. The zero-order valence-electron chi connectivity index (χ0n) is 22.5. The van der Waals surface area contributed by atoms with Crippen LogP contribution in [0.3, 0.4) is 0 Å². The van der Waals surface area contributed by atoms with Gasteiger partial charge in [0.1, 0.15) is 0 Å². The maximum absolute atomic E-state index is 6.07. The molecule has 0 amide bonds. The lowest BCUT2D eigenvalue weighted by Gasteiger charge is -2.20. The Morgan fingerprint density at radius 2 is 1.62 bits per heavy atom. The fourth-order valence-electron chi connectivity index (χ4n) is 5.26. The molecule has 198 valence electrons. The Balaban J connectivity index is 0.000000567. The van der Waals surface area contributed by atoms with Gasteiger partial charge in [-0.1, -0.05) is 60.2 Å². The largest absolute Gasteiger partial charge is 0.404 e. The first-order chi connectivity index (χ1) is 19.0. The number of allylic oxidation sites excluding steroid dienone is 5. The maximum Gasteiger partial charge on any atom is 0.0652 e. The molecule has 0 fully saturated rings. The molecule has 0 unspecified atom stereocenters. The molecule has 6 rings (SSSR count). The molecule has 4 nitrogen and oxygen atoms in total. The summed E-state index contributed by atoms with van der Waals surface area (Å²) in [7, 11) is 0. The Hall–Kier alpha value is -3.74. The molecule has 0 bridgehead atoms. The highest BCUT2D eigenvalue weighted by Crippen LogP contribution is 2.41. The van der Waals surface area contributed by atoms with Gasteiger partial charge in [-0.3, -0.25) is 0 Å².